The van der Waals surface area contributed by atoms with E-state index in [2.05, 4.69) is 89.1 Å². The number of hydrogen-bond acceptors (Lipinski definition) is 10. The third-order valence-electron chi connectivity index (χ3n) is 7.96. The van der Waals surface area contributed by atoms with Crippen LogP contribution < -0.4 is 24.8 Å². The molecule has 12 heteroatoms. The van der Waals surface area contributed by atoms with E-state index in [0.29, 0.717) is 18.2 Å². The molecule has 246 valence electrons. The molecule has 0 spiro atoms. The lowest BCUT2D eigenvalue weighted by molar-refractivity contribution is 0.0990. The third-order valence-corrected chi connectivity index (χ3v) is 9.90. The lowest BCUT2D eigenvalue weighted by Crippen LogP contribution is -2.44. The zero-order chi connectivity index (χ0) is 32.8. The Balaban J connectivity index is 1.40. The van der Waals surface area contributed by atoms with Crippen molar-refractivity contribution in [1.82, 2.24) is 19.8 Å². The second kappa shape index (κ2) is 14.7. The third kappa shape index (κ3) is 9.44. The quantitative estimate of drug-likeness (QED) is 0.158. The van der Waals surface area contributed by atoms with E-state index in [1.165, 1.54) is 19.8 Å². The summed E-state index contributed by atoms with van der Waals surface area (Å²) in [7, 11) is 3.82. The monoisotopic (exact) mass is 638 g/mol. The molecule has 0 unspecified atom stereocenters. The van der Waals surface area contributed by atoms with Crippen LogP contribution in [0.3, 0.4) is 0 Å². The van der Waals surface area contributed by atoms with Crippen molar-refractivity contribution in [2.75, 3.05) is 71.2 Å². The first-order chi connectivity index (χ1) is 21.3. The molecule has 0 atom stereocenters. The van der Waals surface area contributed by atoms with Gasteiger partial charge in [-0.05, 0) is 61.7 Å². The molecule has 3 aromatic rings. The standard InChI is InChI=1S/C33H50N6O5Si/c1-23-11-12-24(33(2,3)22-45(7,8)9)21-26(23)44-27-14-13-25(43-27)29(40)35-28-30(41-5)36-32(37-31(28)42-6)34-15-10-16-39-19-17-38(4)18-20-39/h11-14,21H,10,15-20,22H2,1-9H3,(H,35,40)(H,34,36,37). The minimum absolute atomic E-state index is 0.0142. The topological polar surface area (TPSA) is 114 Å². The predicted octanol–water partition coefficient (Wildman–Crippen LogP) is 6.11. The SMILES string of the molecule is COc1nc(NCCCN2CCN(C)CC2)nc(OC)c1NC(=O)c1ccc(Oc2cc(C(C)(C)C[Si](C)(C)C)ccc2C)o1. The van der Waals surface area contributed by atoms with Crippen molar-refractivity contribution >= 4 is 25.6 Å². The maximum Gasteiger partial charge on any atom is 0.291 e. The summed E-state index contributed by atoms with van der Waals surface area (Å²) in [5.74, 6) is 1.17. The Morgan fingerprint density at radius 2 is 1.69 bits per heavy atom. The molecule has 11 nitrogen and oxygen atoms in total. The number of likely N-dealkylation sites (N-methyl/N-ethyl adjacent to an activating group) is 1. The van der Waals surface area contributed by atoms with Gasteiger partial charge >= 0.3 is 0 Å². The van der Waals surface area contributed by atoms with E-state index in [1.54, 1.807) is 12.1 Å². The molecule has 2 aromatic heterocycles. The first-order valence-electron chi connectivity index (χ1n) is 15.6. The van der Waals surface area contributed by atoms with Gasteiger partial charge in [0.1, 0.15) is 5.75 Å². The Morgan fingerprint density at radius 1 is 1.02 bits per heavy atom. The van der Waals surface area contributed by atoms with Gasteiger partial charge in [0.25, 0.3) is 11.9 Å². The first kappa shape index (κ1) is 34.3. The number of piperazine rings is 1. The van der Waals surface area contributed by atoms with Crippen LogP contribution in [0.5, 0.6) is 23.5 Å². The summed E-state index contributed by atoms with van der Waals surface area (Å²) in [6.45, 7) is 19.7. The average Bonchev–Trinajstić information content (AvgIpc) is 3.45. The molecular weight excluding hydrogens is 588 g/mol. The van der Waals surface area contributed by atoms with Crippen LogP contribution in [0, 0.1) is 6.92 Å². The number of nitrogens with zero attached hydrogens (tertiary/aromatic N) is 4. The van der Waals surface area contributed by atoms with E-state index in [0.717, 1.165) is 50.8 Å². The molecule has 0 radical (unpaired) electrons. The lowest BCUT2D eigenvalue weighted by atomic mass is 9.86. The van der Waals surface area contributed by atoms with Gasteiger partial charge < -0.3 is 39.1 Å². The number of carbonyl (C=O) groups is 1. The van der Waals surface area contributed by atoms with Gasteiger partial charge in [-0.2, -0.15) is 9.97 Å². The first-order valence-corrected chi connectivity index (χ1v) is 19.3. The number of furan rings is 1. The molecule has 1 fully saturated rings. The normalized spacial score (nSPS) is 14.7. The number of aromatic nitrogens is 2. The van der Waals surface area contributed by atoms with Crippen molar-refractivity contribution in [3.8, 4) is 23.5 Å². The van der Waals surface area contributed by atoms with E-state index >= 15 is 0 Å². The summed E-state index contributed by atoms with van der Waals surface area (Å²) in [6.07, 6.45) is 0.944. The van der Waals surface area contributed by atoms with Crippen LogP contribution >= 0.6 is 0 Å². The van der Waals surface area contributed by atoms with Crippen LogP contribution in [0.4, 0.5) is 11.6 Å². The number of amides is 1. The number of nitrogens with one attached hydrogen (secondary N) is 2. The maximum atomic E-state index is 13.2. The number of carbonyl (C=O) groups excluding carboxylic acids is 1. The fourth-order valence-corrected chi connectivity index (χ4v) is 8.67. The molecule has 4 rings (SSSR count). The van der Waals surface area contributed by atoms with E-state index in [-0.39, 0.29) is 34.6 Å². The molecule has 1 aromatic carbocycles. The predicted molar refractivity (Wildman–Crippen MR) is 181 cm³/mol. The Hall–Kier alpha value is -3.61. The lowest BCUT2D eigenvalue weighted by Gasteiger charge is -2.32. The Kier molecular flexibility index (Phi) is 11.2. The molecular formula is C33H50N6O5Si. The summed E-state index contributed by atoms with van der Waals surface area (Å²) < 4.78 is 22.9. The van der Waals surface area contributed by atoms with Crippen molar-refractivity contribution in [2.45, 2.75) is 58.3 Å². The highest BCUT2D eigenvalue weighted by Crippen LogP contribution is 2.37. The van der Waals surface area contributed by atoms with E-state index in [4.69, 9.17) is 18.6 Å². The van der Waals surface area contributed by atoms with Crippen LogP contribution in [0.1, 0.15) is 41.9 Å². The fraction of sp³-hybridized carbons (Fsp3) is 0.545. The van der Waals surface area contributed by atoms with Gasteiger partial charge in [-0.15, -0.1) is 0 Å². The molecule has 1 aliphatic heterocycles. The summed E-state index contributed by atoms with van der Waals surface area (Å²) in [5.41, 5.74) is 2.41. The van der Waals surface area contributed by atoms with Crippen LogP contribution in [0.15, 0.2) is 34.7 Å². The summed E-state index contributed by atoms with van der Waals surface area (Å²) in [4.78, 5) is 26.9. The number of aryl methyl sites for hydroxylation is 1. The Morgan fingerprint density at radius 3 is 2.31 bits per heavy atom. The molecule has 0 bridgehead atoms. The molecule has 0 aliphatic carbocycles. The zero-order valence-corrected chi connectivity index (χ0v) is 29.4. The number of methoxy groups -OCH3 is 2. The molecule has 1 aliphatic rings. The van der Waals surface area contributed by atoms with Crippen molar-refractivity contribution in [2.24, 2.45) is 0 Å². The van der Waals surface area contributed by atoms with Gasteiger partial charge in [-0.1, -0.05) is 45.6 Å². The average molecular weight is 639 g/mol. The smallest absolute Gasteiger partial charge is 0.291 e. The van der Waals surface area contributed by atoms with Gasteiger partial charge in [0, 0.05) is 46.9 Å². The largest absolute Gasteiger partial charge is 0.479 e. The number of hydrogen-bond donors (Lipinski definition) is 2. The van der Waals surface area contributed by atoms with Gasteiger partial charge in [-0.25, -0.2) is 0 Å². The van der Waals surface area contributed by atoms with Crippen LogP contribution in [0.2, 0.25) is 25.7 Å². The highest BCUT2D eigenvalue weighted by atomic mass is 28.3. The maximum absolute atomic E-state index is 13.2. The number of rotatable bonds is 14. The molecule has 1 saturated heterocycles. The molecule has 0 saturated carbocycles. The minimum atomic E-state index is -1.29. The highest BCUT2D eigenvalue weighted by Gasteiger charge is 2.29. The van der Waals surface area contributed by atoms with Gasteiger partial charge in [0.05, 0.1) is 14.2 Å². The minimum Gasteiger partial charge on any atom is -0.479 e. The van der Waals surface area contributed by atoms with Crippen LogP contribution in [-0.2, 0) is 5.41 Å². The van der Waals surface area contributed by atoms with Crippen LogP contribution in [-0.4, -0.2) is 94.3 Å². The second-order valence-corrected chi connectivity index (χ2v) is 19.1. The molecule has 2 N–H and O–H groups in total. The van der Waals surface area contributed by atoms with E-state index < -0.39 is 14.0 Å². The zero-order valence-electron chi connectivity index (χ0n) is 28.4. The van der Waals surface area contributed by atoms with Gasteiger partial charge in [0.2, 0.25) is 17.7 Å². The van der Waals surface area contributed by atoms with Crippen molar-refractivity contribution < 1.29 is 23.4 Å². The van der Waals surface area contributed by atoms with Gasteiger partial charge in [-0.3, -0.25) is 4.79 Å². The summed E-state index contributed by atoms with van der Waals surface area (Å²) in [5, 5.41) is 6.02. The van der Waals surface area contributed by atoms with Crippen molar-refractivity contribution in [1.29, 1.82) is 0 Å². The summed E-state index contributed by atoms with van der Waals surface area (Å²) >= 11 is 0. The van der Waals surface area contributed by atoms with E-state index in [9.17, 15) is 4.79 Å². The van der Waals surface area contributed by atoms with Crippen LogP contribution in [0.25, 0.3) is 0 Å². The van der Waals surface area contributed by atoms with Gasteiger partial charge in [0.15, 0.2) is 11.4 Å². The fourth-order valence-electron chi connectivity index (χ4n) is 5.82. The van der Waals surface area contributed by atoms with Crippen molar-refractivity contribution in [3.05, 3.63) is 47.2 Å². The summed E-state index contributed by atoms with van der Waals surface area (Å²) in [6, 6.07) is 10.7. The van der Waals surface area contributed by atoms with E-state index in [1.807, 2.05) is 6.92 Å². The highest BCUT2D eigenvalue weighted by molar-refractivity contribution is 6.76. The molecule has 1 amide bonds. The molecule has 3 heterocycles. The number of benzene rings is 1. The van der Waals surface area contributed by atoms with Crippen molar-refractivity contribution in [3.63, 3.8) is 0 Å². The second-order valence-electron chi connectivity index (χ2n) is 13.6. The number of ether oxygens (including phenoxy) is 3. The number of anilines is 2. The Bertz CT molecular complexity index is 1420. The molecule has 45 heavy (non-hydrogen) atoms. The Labute approximate surface area is 268 Å².